The second-order valence-electron chi connectivity index (χ2n) is 5.92. The number of aliphatic hydroxyl groups excluding tert-OH is 1. The smallest absolute Gasteiger partial charge is 0.135 e. The van der Waals surface area contributed by atoms with Gasteiger partial charge in [0, 0.05) is 0 Å². The number of aliphatic hydroxyl groups is 1. The molecule has 0 radical (unpaired) electrons. The van der Waals surface area contributed by atoms with Crippen molar-refractivity contribution in [2.45, 2.75) is 33.9 Å². The zero-order chi connectivity index (χ0) is 16.4. The molecule has 4 heteroatoms. The molecule has 3 rings (SSSR count). The van der Waals surface area contributed by atoms with Gasteiger partial charge in [0.2, 0.25) is 0 Å². The number of hydrogen-bond donors (Lipinski definition) is 1. The maximum absolute atomic E-state index is 9.58. The number of benzene rings is 2. The molecule has 1 heterocycles. The van der Waals surface area contributed by atoms with E-state index in [1.165, 1.54) is 16.7 Å². The maximum Gasteiger partial charge on any atom is 0.135 e. The predicted octanol–water partition coefficient (Wildman–Crippen LogP) is 3.53. The first-order valence-electron chi connectivity index (χ1n) is 7.85. The van der Waals surface area contributed by atoms with Crippen molar-refractivity contribution in [2.75, 3.05) is 6.61 Å². The van der Waals surface area contributed by atoms with Crippen LogP contribution in [0, 0.1) is 20.8 Å². The zero-order valence-electron chi connectivity index (χ0n) is 13.8. The van der Waals surface area contributed by atoms with E-state index in [1.54, 1.807) is 0 Å². The average Bonchev–Trinajstić information content (AvgIpc) is 2.87. The minimum absolute atomic E-state index is 0.0721. The molecule has 0 bridgehead atoms. The van der Waals surface area contributed by atoms with Crippen LogP contribution >= 0.6 is 0 Å². The molecule has 0 aliphatic rings. The number of rotatable bonds is 5. The van der Waals surface area contributed by atoms with Gasteiger partial charge in [-0.1, -0.05) is 17.7 Å². The fourth-order valence-electron chi connectivity index (χ4n) is 2.69. The van der Waals surface area contributed by atoms with Crippen LogP contribution in [0.2, 0.25) is 0 Å². The minimum atomic E-state index is -0.0721. The third-order valence-corrected chi connectivity index (χ3v) is 4.19. The summed E-state index contributed by atoms with van der Waals surface area (Å²) in [4.78, 5) is 4.53. The van der Waals surface area contributed by atoms with Crippen LogP contribution in [0.25, 0.3) is 11.0 Å². The van der Waals surface area contributed by atoms with Crippen molar-refractivity contribution < 1.29 is 9.84 Å². The third kappa shape index (κ3) is 3.22. The van der Waals surface area contributed by atoms with E-state index in [2.05, 4.69) is 37.9 Å². The van der Waals surface area contributed by atoms with E-state index in [4.69, 9.17) is 4.74 Å². The summed E-state index contributed by atoms with van der Waals surface area (Å²) >= 11 is 0. The van der Waals surface area contributed by atoms with Crippen LogP contribution in [0.4, 0.5) is 0 Å². The summed E-state index contributed by atoms with van der Waals surface area (Å²) in [5, 5.41) is 9.58. The number of aryl methyl sites for hydroxylation is 3. The molecule has 0 aliphatic heterocycles. The Morgan fingerprint density at radius 1 is 1.04 bits per heavy atom. The molecule has 1 aromatic heterocycles. The highest BCUT2D eigenvalue weighted by atomic mass is 16.5. The molecule has 3 aromatic rings. The van der Waals surface area contributed by atoms with Crippen molar-refractivity contribution in [3.63, 3.8) is 0 Å². The van der Waals surface area contributed by atoms with E-state index in [0.29, 0.717) is 19.0 Å². The highest BCUT2D eigenvalue weighted by molar-refractivity contribution is 5.78. The van der Waals surface area contributed by atoms with Gasteiger partial charge in [-0.2, -0.15) is 0 Å². The van der Waals surface area contributed by atoms with E-state index in [1.807, 2.05) is 28.8 Å². The number of nitrogens with zero attached hydrogens (tertiary/aromatic N) is 2. The molecule has 2 aromatic carbocycles. The van der Waals surface area contributed by atoms with Gasteiger partial charge in [-0.25, -0.2) is 4.98 Å². The highest BCUT2D eigenvalue weighted by Crippen LogP contribution is 2.21. The lowest BCUT2D eigenvalue weighted by molar-refractivity contribution is 0.255. The van der Waals surface area contributed by atoms with Crippen molar-refractivity contribution in [3.05, 3.63) is 58.9 Å². The van der Waals surface area contributed by atoms with Gasteiger partial charge in [-0.05, 0) is 56.2 Å². The number of aromatic nitrogens is 2. The molecule has 0 atom stereocenters. The number of ether oxygens (including phenoxy) is 1. The molecule has 0 aliphatic carbocycles. The number of hydrogen-bond acceptors (Lipinski definition) is 3. The Balaban J connectivity index is 1.81. The standard InChI is InChI=1S/C19H22N2O2/c1-13-4-6-16(7-5-13)23-9-8-21-18-11-15(3)14(2)10-17(18)20-19(21)12-22/h4-7,10-11,22H,8-9,12H2,1-3H3. The summed E-state index contributed by atoms with van der Waals surface area (Å²) < 4.78 is 7.84. The Bertz CT molecular complexity index is 819. The zero-order valence-corrected chi connectivity index (χ0v) is 13.8. The van der Waals surface area contributed by atoms with Gasteiger partial charge in [-0.15, -0.1) is 0 Å². The fourth-order valence-corrected chi connectivity index (χ4v) is 2.69. The topological polar surface area (TPSA) is 47.3 Å². The first-order valence-corrected chi connectivity index (χ1v) is 7.85. The van der Waals surface area contributed by atoms with Crippen LogP contribution in [-0.2, 0) is 13.2 Å². The van der Waals surface area contributed by atoms with Crippen molar-refractivity contribution in [2.24, 2.45) is 0 Å². The van der Waals surface area contributed by atoms with Gasteiger partial charge < -0.3 is 14.4 Å². The van der Waals surface area contributed by atoms with Gasteiger partial charge in [0.05, 0.1) is 17.6 Å². The molecule has 0 spiro atoms. The predicted molar refractivity (Wildman–Crippen MR) is 91.8 cm³/mol. The Kier molecular flexibility index (Phi) is 4.35. The van der Waals surface area contributed by atoms with Crippen LogP contribution in [0.3, 0.4) is 0 Å². The maximum atomic E-state index is 9.58. The summed E-state index contributed by atoms with van der Waals surface area (Å²) in [6.07, 6.45) is 0. The molecular formula is C19H22N2O2. The third-order valence-electron chi connectivity index (χ3n) is 4.19. The van der Waals surface area contributed by atoms with Gasteiger partial charge in [0.1, 0.15) is 24.8 Å². The van der Waals surface area contributed by atoms with E-state index >= 15 is 0 Å². The van der Waals surface area contributed by atoms with Crippen LogP contribution in [0.5, 0.6) is 5.75 Å². The quantitative estimate of drug-likeness (QED) is 0.784. The first kappa shape index (κ1) is 15.6. The average molecular weight is 310 g/mol. The van der Waals surface area contributed by atoms with Gasteiger partial charge in [0.25, 0.3) is 0 Å². The largest absolute Gasteiger partial charge is 0.492 e. The second-order valence-corrected chi connectivity index (χ2v) is 5.92. The van der Waals surface area contributed by atoms with Crippen LogP contribution in [0.15, 0.2) is 36.4 Å². The lowest BCUT2D eigenvalue weighted by Gasteiger charge is -2.10. The summed E-state index contributed by atoms with van der Waals surface area (Å²) in [6.45, 7) is 7.34. The summed E-state index contributed by atoms with van der Waals surface area (Å²) in [5.74, 6) is 1.54. The summed E-state index contributed by atoms with van der Waals surface area (Å²) in [5.41, 5.74) is 5.62. The molecule has 0 saturated heterocycles. The van der Waals surface area contributed by atoms with Gasteiger partial charge in [0.15, 0.2) is 0 Å². The van der Waals surface area contributed by atoms with E-state index in [0.717, 1.165) is 16.8 Å². The Morgan fingerprint density at radius 2 is 1.74 bits per heavy atom. The molecular weight excluding hydrogens is 288 g/mol. The van der Waals surface area contributed by atoms with Gasteiger partial charge >= 0.3 is 0 Å². The molecule has 0 amide bonds. The van der Waals surface area contributed by atoms with Crippen molar-refractivity contribution in [3.8, 4) is 5.75 Å². The summed E-state index contributed by atoms with van der Waals surface area (Å²) in [6, 6.07) is 12.2. The SMILES string of the molecule is Cc1ccc(OCCn2c(CO)nc3cc(C)c(C)cc32)cc1. The molecule has 0 fully saturated rings. The fraction of sp³-hybridized carbons (Fsp3) is 0.316. The normalized spacial score (nSPS) is 11.1. The lowest BCUT2D eigenvalue weighted by Crippen LogP contribution is -2.11. The molecule has 0 saturated carbocycles. The second kappa shape index (κ2) is 6.42. The lowest BCUT2D eigenvalue weighted by atomic mass is 10.1. The van der Waals surface area contributed by atoms with E-state index in [-0.39, 0.29) is 6.61 Å². The van der Waals surface area contributed by atoms with Crippen molar-refractivity contribution in [1.82, 2.24) is 9.55 Å². The van der Waals surface area contributed by atoms with Gasteiger partial charge in [-0.3, -0.25) is 0 Å². The van der Waals surface area contributed by atoms with E-state index in [9.17, 15) is 5.11 Å². The van der Waals surface area contributed by atoms with Crippen molar-refractivity contribution in [1.29, 1.82) is 0 Å². The number of imidazole rings is 1. The molecule has 0 unspecified atom stereocenters. The van der Waals surface area contributed by atoms with Crippen LogP contribution in [-0.4, -0.2) is 21.3 Å². The molecule has 4 nitrogen and oxygen atoms in total. The molecule has 23 heavy (non-hydrogen) atoms. The summed E-state index contributed by atoms with van der Waals surface area (Å²) in [7, 11) is 0. The Labute approximate surface area is 136 Å². The van der Waals surface area contributed by atoms with Crippen LogP contribution < -0.4 is 4.74 Å². The molecule has 1 N–H and O–H groups in total. The molecule has 120 valence electrons. The van der Waals surface area contributed by atoms with Crippen molar-refractivity contribution >= 4 is 11.0 Å². The first-order chi connectivity index (χ1) is 11.1. The minimum Gasteiger partial charge on any atom is -0.492 e. The Hall–Kier alpha value is -2.33. The highest BCUT2D eigenvalue weighted by Gasteiger charge is 2.11. The number of fused-ring (bicyclic) bond motifs is 1. The van der Waals surface area contributed by atoms with E-state index < -0.39 is 0 Å². The Morgan fingerprint density at radius 3 is 2.43 bits per heavy atom. The van der Waals surface area contributed by atoms with Crippen LogP contribution in [0.1, 0.15) is 22.5 Å². The monoisotopic (exact) mass is 310 g/mol.